The smallest absolute Gasteiger partial charge is 0.191 e. The number of benzene rings is 1. The van der Waals surface area contributed by atoms with E-state index in [-0.39, 0.29) is 0 Å². The zero-order chi connectivity index (χ0) is 11.1. The minimum Gasteiger partial charge on any atom is -0.346 e. The van der Waals surface area contributed by atoms with Gasteiger partial charge in [-0.1, -0.05) is 37.3 Å². The van der Waals surface area contributed by atoms with Crippen molar-refractivity contribution < 1.29 is 9.47 Å². The number of ether oxygens (including phenoxy) is 2. The van der Waals surface area contributed by atoms with E-state index in [1.54, 1.807) is 0 Å². The summed E-state index contributed by atoms with van der Waals surface area (Å²) in [6.07, 6.45) is 0.996. The maximum Gasteiger partial charge on any atom is 0.191 e. The summed E-state index contributed by atoms with van der Waals surface area (Å²) < 4.78 is 11.5. The summed E-state index contributed by atoms with van der Waals surface area (Å²) in [5.74, 6) is -0.605. The molecule has 1 aromatic rings. The molecule has 0 aliphatic rings. The first-order valence-corrected chi connectivity index (χ1v) is 5.56. The molecule has 0 spiro atoms. The Bertz CT molecular complexity index is 271. The van der Waals surface area contributed by atoms with E-state index < -0.39 is 5.79 Å². The summed E-state index contributed by atoms with van der Waals surface area (Å²) in [5, 5.41) is 0. The minimum absolute atomic E-state index is 0.605. The number of rotatable bonds is 6. The summed E-state index contributed by atoms with van der Waals surface area (Å²) in [6.45, 7) is 7.41. The van der Waals surface area contributed by atoms with E-state index in [0.29, 0.717) is 13.2 Å². The lowest BCUT2D eigenvalue weighted by molar-refractivity contribution is -0.232. The first-order chi connectivity index (χ1) is 7.23. The van der Waals surface area contributed by atoms with Gasteiger partial charge in [0.05, 0.1) is 6.61 Å². The molecule has 2 nitrogen and oxygen atoms in total. The Morgan fingerprint density at radius 3 is 2.27 bits per heavy atom. The Kier molecular flexibility index (Phi) is 4.79. The Labute approximate surface area is 92.2 Å². The summed E-state index contributed by atoms with van der Waals surface area (Å²) in [6, 6.07) is 10.1. The van der Waals surface area contributed by atoms with Crippen LogP contribution in [-0.4, -0.2) is 13.2 Å². The average molecular weight is 208 g/mol. The molecule has 0 fully saturated rings. The van der Waals surface area contributed by atoms with E-state index in [2.05, 4.69) is 6.92 Å². The lowest BCUT2D eigenvalue weighted by Gasteiger charge is -2.30. The molecule has 0 heterocycles. The SMILES string of the molecule is CCCOC(C)(OCC)c1ccccc1. The molecule has 1 unspecified atom stereocenters. The van der Waals surface area contributed by atoms with Crippen LogP contribution in [0.3, 0.4) is 0 Å². The highest BCUT2D eigenvalue weighted by atomic mass is 16.7. The molecule has 1 aromatic carbocycles. The predicted molar refractivity (Wildman–Crippen MR) is 61.7 cm³/mol. The molecule has 1 atom stereocenters. The van der Waals surface area contributed by atoms with Crippen LogP contribution in [0.1, 0.15) is 32.8 Å². The largest absolute Gasteiger partial charge is 0.346 e. The zero-order valence-corrected chi connectivity index (χ0v) is 9.82. The van der Waals surface area contributed by atoms with Gasteiger partial charge in [0.15, 0.2) is 5.79 Å². The quantitative estimate of drug-likeness (QED) is 0.668. The Hall–Kier alpha value is -0.860. The lowest BCUT2D eigenvalue weighted by Crippen LogP contribution is -2.30. The van der Waals surface area contributed by atoms with Crippen LogP contribution >= 0.6 is 0 Å². The fourth-order valence-corrected chi connectivity index (χ4v) is 1.52. The fraction of sp³-hybridized carbons (Fsp3) is 0.538. The molecule has 0 saturated carbocycles. The van der Waals surface area contributed by atoms with Gasteiger partial charge < -0.3 is 9.47 Å². The van der Waals surface area contributed by atoms with Crippen molar-refractivity contribution in [1.29, 1.82) is 0 Å². The molecule has 0 aliphatic heterocycles. The van der Waals surface area contributed by atoms with Crippen LogP contribution in [0.5, 0.6) is 0 Å². The summed E-state index contributed by atoms with van der Waals surface area (Å²) in [5.41, 5.74) is 1.07. The van der Waals surface area contributed by atoms with Gasteiger partial charge in [0.2, 0.25) is 0 Å². The van der Waals surface area contributed by atoms with Crippen LogP contribution in [-0.2, 0) is 15.3 Å². The summed E-state index contributed by atoms with van der Waals surface area (Å²) in [7, 11) is 0. The maximum atomic E-state index is 5.78. The van der Waals surface area contributed by atoms with Gasteiger partial charge in [0.25, 0.3) is 0 Å². The van der Waals surface area contributed by atoms with E-state index in [1.807, 2.05) is 44.2 Å². The number of hydrogen-bond donors (Lipinski definition) is 0. The second-order valence-electron chi connectivity index (χ2n) is 3.59. The summed E-state index contributed by atoms with van der Waals surface area (Å²) >= 11 is 0. The number of hydrogen-bond acceptors (Lipinski definition) is 2. The molecule has 0 aromatic heterocycles. The van der Waals surface area contributed by atoms with Crippen LogP contribution in [0, 0.1) is 0 Å². The normalized spacial score (nSPS) is 14.9. The molecular weight excluding hydrogens is 188 g/mol. The molecule has 1 rings (SSSR count). The van der Waals surface area contributed by atoms with Crippen molar-refractivity contribution in [1.82, 2.24) is 0 Å². The third kappa shape index (κ3) is 3.33. The van der Waals surface area contributed by atoms with E-state index in [1.165, 1.54) is 0 Å². The Balaban J connectivity index is 2.80. The third-order valence-electron chi connectivity index (χ3n) is 2.30. The fourth-order valence-electron chi connectivity index (χ4n) is 1.52. The first-order valence-electron chi connectivity index (χ1n) is 5.56. The highest BCUT2D eigenvalue weighted by Gasteiger charge is 2.27. The molecule has 0 aliphatic carbocycles. The predicted octanol–water partition coefficient (Wildman–Crippen LogP) is 3.32. The molecular formula is C13H20O2. The van der Waals surface area contributed by atoms with Gasteiger partial charge in [-0.15, -0.1) is 0 Å². The highest BCUT2D eigenvalue weighted by Crippen LogP contribution is 2.26. The van der Waals surface area contributed by atoms with Crippen molar-refractivity contribution in [2.45, 2.75) is 33.0 Å². The topological polar surface area (TPSA) is 18.5 Å². The van der Waals surface area contributed by atoms with Gasteiger partial charge >= 0.3 is 0 Å². The van der Waals surface area contributed by atoms with Crippen molar-refractivity contribution >= 4 is 0 Å². The van der Waals surface area contributed by atoms with Gasteiger partial charge in [0, 0.05) is 12.2 Å². The molecule has 84 valence electrons. The molecule has 0 saturated heterocycles. The molecule has 0 amide bonds. The van der Waals surface area contributed by atoms with Crippen molar-refractivity contribution in [3.8, 4) is 0 Å². The van der Waals surface area contributed by atoms with Crippen LogP contribution < -0.4 is 0 Å². The van der Waals surface area contributed by atoms with Crippen LogP contribution in [0.25, 0.3) is 0 Å². The van der Waals surface area contributed by atoms with Crippen LogP contribution in [0.4, 0.5) is 0 Å². The van der Waals surface area contributed by atoms with E-state index in [4.69, 9.17) is 9.47 Å². The average Bonchev–Trinajstić information content (AvgIpc) is 2.28. The van der Waals surface area contributed by atoms with Gasteiger partial charge in [-0.3, -0.25) is 0 Å². The van der Waals surface area contributed by atoms with Gasteiger partial charge in [-0.25, -0.2) is 0 Å². The molecule has 0 radical (unpaired) electrons. The Morgan fingerprint density at radius 1 is 1.07 bits per heavy atom. The zero-order valence-electron chi connectivity index (χ0n) is 9.82. The van der Waals surface area contributed by atoms with Crippen molar-refractivity contribution in [3.05, 3.63) is 35.9 Å². The standard InChI is InChI=1S/C13H20O2/c1-4-11-15-13(3,14-5-2)12-9-7-6-8-10-12/h6-10H,4-5,11H2,1-3H3. The highest BCUT2D eigenvalue weighted by molar-refractivity contribution is 5.19. The second kappa shape index (κ2) is 5.89. The minimum atomic E-state index is -0.605. The van der Waals surface area contributed by atoms with Gasteiger partial charge in [0.1, 0.15) is 0 Å². The summed E-state index contributed by atoms with van der Waals surface area (Å²) in [4.78, 5) is 0. The Morgan fingerprint density at radius 2 is 1.73 bits per heavy atom. The van der Waals surface area contributed by atoms with Crippen LogP contribution in [0.2, 0.25) is 0 Å². The van der Waals surface area contributed by atoms with E-state index in [0.717, 1.165) is 12.0 Å². The molecule has 0 bridgehead atoms. The van der Waals surface area contributed by atoms with E-state index >= 15 is 0 Å². The van der Waals surface area contributed by atoms with Gasteiger partial charge in [-0.05, 0) is 20.3 Å². The third-order valence-corrected chi connectivity index (χ3v) is 2.30. The lowest BCUT2D eigenvalue weighted by atomic mass is 10.1. The van der Waals surface area contributed by atoms with Crippen molar-refractivity contribution in [2.75, 3.05) is 13.2 Å². The molecule has 0 N–H and O–H groups in total. The van der Waals surface area contributed by atoms with E-state index in [9.17, 15) is 0 Å². The molecule has 15 heavy (non-hydrogen) atoms. The van der Waals surface area contributed by atoms with Crippen molar-refractivity contribution in [3.63, 3.8) is 0 Å². The van der Waals surface area contributed by atoms with Crippen LogP contribution in [0.15, 0.2) is 30.3 Å². The molecule has 2 heteroatoms. The monoisotopic (exact) mass is 208 g/mol. The second-order valence-corrected chi connectivity index (χ2v) is 3.59. The maximum absolute atomic E-state index is 5.78. The van der Waals surface area contributed by atoms with Crippen molar-refractivity contribution in [2.24, 2.45) is 0 Å². The first kappa shape index (κ1) is 12.2. The van der Waals surface area contributed by atoms with Gasteiger partial charge in [-0.2, -0.15) is 0 Å².